The van der Waals surface area contributed by atoms with Crippen LogP contribution in [0.25, 0.3) is 0 Å². The van der Waals surface area contributed by atoms with Gasteiger partial charge < -0.3 is 10.1 Å². The Kier molecular flexibility index (Phi) is 7.80. The van der Waals surface area contributed by atoms with Crippen LogP contribution < -0.4 is 5.32 Å². The number of esters is 1. The third-order valence-electron chi connectivity index (χ3n) is 2.68. The maximum Gasteiger partial charge on any atom is 0.315 e. The fourth-order valence-corrected chi connectivity index (χ4v) is 2.29. The van der Waals surface area contributed by atoms with Crippen LogP contribution in [0.15, 0.2) is 30.3 Å². The van der Waals surface area contributed by atoms with Gasteiger partial charge >= 0.3 is 5.97 Å². The average Bonchev–Trinajstić information content (AvgIpc) is 2.46. The first kappa shape index (κ1) is 16.6. The summed E-state index contributed by atoms with van der Waals surface area (Å²) in [6, 6.07) is 10.00. The second kappa shape index (κ2) is 9.42. The van der Waals surface area contributed by atoms with E-state index in [9.17, 15) is 9.59 Å². The van der Waals surface area contributed by atoms with Gasteiger partial charge in [-0.05, 0) is 25.8 Å². The lowest BCUT2D eigenvalue weighted by Gasteiger charge is -2.11. The van der Waals surface area contributed by atoms with E-state index in [0.29, 0.717) is 13.2 Å². The van der Waals surface area contributed by atoms with Gasteiger partial charge in [0, 0.05) is 6.54 Å². The van der Waals surface area contributed by atoms with Gasteiger partial charge in [0.05, 0.1) is 17.6 Å². The molecule has 1 N–H and O–H groups in total. The summed E-state index contributed by atoms with van der Waals surface area (Å²) < 4.78 is 4.82. The predicted octanol–water partition coefficient (Wildman–Crippen LogP) is 2.03. The summed E-state index contributed by atoms with van der Waals surface area (Å²) in [6.07, 6.45) is 0.807. The van der Waals surface area contributed by atoms with Crippen LogP contribution in [0.3, 0.4) is 0 Å². The zero-order chi connectivity index (χ0) is 14.8. The normalized spacial score (nSPS) is 11.7. The third-order valence-corrected chi connectivity index (χ3v) is 3.80. The molecule has 0 saturated heterocycles. The number of benzene rings is 1. The molecular formula is C15H21NO3S. The lowest BCUT2D eigenvalue weighted by Crippen LogP contribution is -2.33. The van der Waals surface area contributed by atoms with Crippen molar-refractivity contribution >= 4 is 23.6 Å². The van der Waals surface area contributed by atoms with Gasteiger partial charge in [-0.15, -0.1) is 11.8 Å². The molecule has 20 heavy (non-hydrogen) atoms. The first-order chi connectivity index (χ1) is 9.63. The van der Waals surface area contributed by atoms with Crippen LogP contribution in [-0.2, 0) is 20.7 Å². The predicted molar refractivity (Wildman–Crippen MR) is 81.7 cm³/mol. The largest absolute Gasteiger partial charge is 0.465 e. The maximum absolute atomic E-state index is 11.8. The lowest BCUT2D eigenvalue weighted by molar-refractivity contribution is -0.139. The van der Waals surface area contributed by atoms with Crippen LogP contribution in [0.4, 0.5) is 0 Å². The monoisotopic (exact) mass is 295 g/mol. The van der Waals surface area contributed by atoms with Crippen molar-refractivity contribution in [3.63, 3.8) is 0 Å². The standard InChI is InChI=1S/C15H21NO3S/c1-3-19-14(17)11-20-12(2)15(18)16-10-9-13-7-5-4-6-8-13/h4-8,12H,3,9-11H2,1-2H3,(H,16,18). The van der Waals surface area contributed by atoms with Crippen LogP contribution in [-0.4, -0.2) is 36.0 Å². The molecule has 0 aliphatic heterocycles. The molecular weight excluding hydrogens is 274 g/mol. The minimum atomic E-state index is -0.276. The van der Waals surface area contributed by atoms with E-state index in [1.54, 1.807) is 13.8 Å². The van der Waals surface area contributed by atoms with Crippen molar-refractivity contribution in [3.8, 4) is 0 Å². The van der Waals surface area contributed by atoms with Crippen molar-refractivity contribution in [2.75, 3.05) is 18.9 Å². The zero-order valence-corrected chi connectivity index (χ0v) is 12.7. The molecule has 1 aromatic rings. The van der Waals surface area contributed by atoms with E-state index in [4.69, 9.17) is 4.74 Å². The molecule has 0 radical (unpaired) electrons. The van der Waals surface area contributed by atoms with E-state index in [1.165, 1.54) is 17.3 Å². The van der Waals surface area contributed by atoms with Crippen LogP contribution >= 0.6 is 11.8 Å². The van der Waals surface area contributed by atoms with Gasteiger partial charge in [-0.3, -0.25) is 9.59 Å². The summed E-state index contributed by atoms with van der Waals surface area (Å²) in [5.74, 6) is -0.113. The fourth-order valence-electron chi connectivity index (χ4n) is 1.59. The molecule has 0 aromatic heterocycles. The first-order valence-corrected chi connectivity index (χ1v) is 7.77. The van der Waals surface area contributed by atoms with Gasteiger partial charge in [-0.25, -0.2) is 0 Å². The highest BCUT2D eigenvalue weighted by atomic mass is 32.2. The highest BCUT2D eigenvalue weighted by Crippen LogP contribution is 2.10. The molecule has 1 amide bonds. The SMILES string of the molecule is CCOC(=O)CSC(C)C(=O)NCCc1ccccc1. The molecule has 1 unspecified atom stereocenters. The Morgan fingerprint density at radius 1 is 1.30 bits per heavy atom. The Labute approximate surface area is 124 Å². The van der Waals surface area contributed by atoms with Gasteiger partial charge in [0.15, 0.2) is 0 Å². The summed E-state index contributed by atoms with van der Waals surface area (Å²) in [5.41, 5.74) is 1.19. The molecule has 0 bridgehead atoms. The van der Waals surface area contributed by atoms with Gasteiger partial charge in [0.2, 0.25) is 5.91 Å². The number of amides is 1. The summed E-state index contributed by atoms with van der Waals surface area (Å²) in [7, 11) is 0. The van der Waals surface area contributed by atoms with Crippen molar-refractivity contribution in [1.29, 1.82) is 0 Å². The van der Waals surface area contributed by atoms with Crippen molar-refractivity contribution in [3.05, 3.63) is 35.9 Å². The number of hydrogen-bond acceptors (Lipinski definition) is 4. The quantitative estimate of drug-likeness (QED) is 0.746. The fraction of sp³-hybridized carbons (Fsp3) is 0.467. The Hall–Kier alpha value is -1.49. The minimum Gasteiger partial charge on any atom is -0.465 e. The summed E-state index contributed by atoms with van der Waals surface area (Å²) >= 11 is 1.29. The molecule has 1 aromatic carbocycles. The second-order valence-electron chi connectivity index (χ2n) is 4.28. The smallest absolute Gasteiger partial charge is 0.315 e. The Morgan fingerprint density at radius 2 is 2.00 bits per heavy atom. The van der Waals surface area contributed by atoms with Crippen molar-refractivity contribution in [2.45, 2.75) is 25.5 Å². The highest BCUT2D eigenvalue weighted by Gasteiger charge is 2.14. The van der Waals surface area contributed by atoms with Gasteiger partial charge in [0.25, 0.3) is 0 Å². The Bertz CT molecular complexity index is 422. The summed E-state index contributed by atoms with van der Waals surface area (Å²) in [4.78, 5) is 23.0. The zero-order valence-electron chi connectivity index (χ0n) is 11.9. The molecule has 0 fully saturated rings. The number of nitrogens with one attached hydrogen (secondary N) is 1. The maximum atomic E-state index is 11.8. The van der Waals surface area contributed by atoms with Crippen LogP contribution in [0, 0.1) is 0 Å². The molecule has 1 rings (SSSR count). The van der Waals surface area contributed by atoms with Gasteiger partial charge in [0.1, 0.15) is 0 Å². The second-order valence-corrected chi connectivity index (χ2v) is 5.61. The number of rotatable bonds is 8. The molecule has 5 heteroatoms. The van der Waals surface area contributed by atoms with E-state index < -0.39 is 0 Å². The summed E-state index contributed by atoms with van der Waals surface area (Å²) in [6.45, 7) is 4.54. The van der Waals surface area contributed by atoms with Crippen molar-refractivity contribution in [2.24, 2.45) is 0 Å². The van der Waals surface area contributed by atoms with Gasteiger partial charge in [-0.1, -0.05) is 30.3 Å². The van der Waals surface area contributed by atoms with Crippen molar-refractivity contribution in [1.82, 2.24) is 5.32 Å². The third kappa shape index (κ3) is 6.61. The van der Waals surface area contributed by atoms with E-state index in [1.807, 2.05) is 30.3 Å². The number of hydrogen-bond donors (Lipinski definition) is 1. The molecule has 0 aliphatic rings. The molecule has 0 saturated carbocycles. The van der Waals surface area contributed by atoms with Crippen LogP contribution in [0.1, 0.15) is 19.4 Å². The highest BCUT2D eigenvalue weighted by molar-refractivity contribution is 8.01. The number of ether oxygens (including phenoxy) is 1. The molecule has 0 heterocycles. The van der Waals surface area contributed by atoms with Crippen molar-refractivity contribution < 1.29 is 14.3 Å². The molecule has 1 atom stereocenters. The van der Waals surface area contributed by atoms with E-state index in [-0.39, 0.29) is 22.9 Å². The first-order valence-electron chi connectivity index (χ1n) is 6.72. The molecule has 4 nitrogen and oxygen atoms in total. The Balaban J connectivity index is 2.20. The average molecular weight is 295 g/mol. The summed E-state index contributed by atoms with van der Waals surface area (Å²) in [5, 5.41) is 2.62. The molecule has 0 spiro atoms. The topological polar surface area (TPSA) is 55.4 Å². The van der Waals surface area contributed by atoms with Crippen LogP contribution in [0.2, 0.25) is 0 Å². The van der Waals surface area contributed by atoms with E-state index in [0.717, 1.165) is 6.42 Å². The minimum absolute atomic E-state index is 0.0461. The van der Waals surface area contributed by atoms with Gasteiger partial charge in [-0.2, -0.15) is 0 Å². The lowest BCUT2D eigenvalue weighted by atomic mass is 10.1. The number of carbonyl (C=O) groups is 2. The molecule has 110 valence electrons. The van der Waals surface area contributed by atoms with E-state index >= 15 is 0 Å². The van der Waals surface area contributed by atoms with Crippen LogP contribution in [0.5, 0.6) is 0 Å². The Morgan fingerprint density at radius 3 is 2.65 bits per heavy atom. The number of thioether (sulfide) groups is 1. The number of carbonyl (C=O) groups excluding carboxylic acids is 2. The molecule has 0 aliphatic carbocycles. The van der Waals surface area contributed by atoms with E-state index in [2.05, 4.69) is 5.32 Å².